The van der Waals surface area contributed by atoms with Crippen molar-refractivity contribution >= 4 is 40.6 Å². The number of carbonyl (C=O) groups excluding carboxylic acids is 6. The highest BCUT2D eigenvalue weighted by Crippen LogP contribution is 2.55. The lowest BCUT2D eigenvalue weighted by Crippen LogP contribution is -2.77. The summed E-state index contributed by atoms with van der Waals surface area (Å²) < 4.78 is 0. The maximum absolute atomic E-state index is 13.8. The monoisotopic (exact) mass is 501 g/mol. The van der Waals surface area contributed by atoms with Crippen LogP contribution in [0.2, 0.25) is 0 Å². The van der Waals surface area contributed by atoms with E-state index in [2.05, 4.69) is 5.32 Å². The summed E-state index contributed by atoms with van der Waals surface area (Å²) in [7, 11) is 2.85. The molecule has 12 heteroatoms. The van der Waals surface area contributed by atoms with E-state index in [0.29, 0.717) is 0 Å². The first kappa shape index (κ1) is 25.6. The highest BCUT2D eigenvalue weighted by Gasteiger charge is 2.72. The molecule has 1 aromatic rings. The molecule has 0 aliphatic heterocycles. The molecule has 0 radical (unpaired) electrons. The number of ketones is 4. The van der Waals surface area contributed by atoms with Crippen molar-refractivity contribution in [1.82, 2.24) is 4.90 Å². The summed E-state index contributed by atoms with van der Waals surface area (Å²) in [6.45, 7) is 2.80. The zero-order valence-corrected chi connectivity index (χ0v) is 20.0. The summed E-state index contributed by atoms with van der Waals surface area (Å²) in [5.41, 5.74) is 2.14. The standard InChI is InChI=1S/C24H27N3O9/c1-7-9-5-6-10(26-8(2)28)17(29)12(9)18(30)13-11(7)19(31)15-16(27(3)4)20(32)14(23(25)35)22(34)24(15,36)21(13)33/h5-7,11,13-16,19,29,31,36H,1-4H3,(H2,25,35)(H,26,28)/t7-,11+,13?,14?,15+,16-,19-,24-/m1/s1. The van der Waals surface area contributed by atoms with Crippen LogP contribution in [-0.4, -0.2) is 87.0 Å². The van der Waals surface area contributed by atoms with Crippen LogP contribution in [0.3, 0.4) is 0 Å². The second-order valence-corrected chi connectivity index (χ2v) is 9.97. The molecule has 0 aromatic heterocycles. The van der Waals surface area contributed by atoms with E-state index in [1.54, 1.807) is 6.92 Å². The van der Waals surface area contributed by atoms with E-state index in [0.717, 1.165) is 0 Å². The Kier molecular flexibility index (Phi) is 5.90. The van der Waals surface area contributed by atoms with Crippen LogP contribution < -0.4 is 11.1 Å². The number of aromatic hydroxyl groups is 1. The van der Waals surface area contributed by atoms with Gasteiger partial charge in [-0.2, -0.15) is 0 Å². The minimum atomic E-state index is -3.05. The number of aliphatic hydroxyl groups excluding tert-OH is 1. The molecule has 0 saturated heterocycles. The number of phenols is 1. The lowest BCUT2D eigenvalue weighted by Gasteiger charge is -2.56. The second-order valence-electron chi connectivity index (χ2n) is 9.97. The number of amides is 2. The van der Waals surface area contributed by atoms with Crippen LogP contribution in [-0.2, 0) is 24.0 Å². The summed E-state index contributed by atoms with van der Waals surface area (Å²) in [5.74, 6) is -14.6. The molecule has 4 rings (SSSR count). The maximum atomic E-state index is 13.8. The number of hydrogen-bond acceptors (Lipinski definition) is 10. The van der Waals surface area contributed by atoms with Gasteiger partial charge in [-0.05, 0) is 31.6 Å². The van der Waals surface area contributed by atoms with Gasteiger partial charge in [-0.25, -0.2) is 0 Å². The number of rotatable bonds is 3. The minimum Gasteiger partial charge on any atom is -0.505 e. The molecular formula is C24H27N3O9. The molecule has 2 unspecified atom stereocenters. The molecule has 1 aromatic carbocycles. The number of primary amides is 1. The number of nitrogens with two attached hydrogens (primary N) is 1. The average Bonchev–Trinajstić information content (AvgIpc) is 2.77. The molecule has 2 amide bonds. The van der Waals surface area contributed by atoms with E-state index in [9.17, 15) is 44.1 Å². The zero-order valence-electron chi connectivity index (χ0n) is 20.0. The molecule has 8 atom stereocenters. The Hall–Kier alpha value is -3.48. The number of carbonyl (C=O) groups is 6. The van der Waals surface area contributed by atoms with Gasteiger partial charge in [-0.3, -0.25) is 33.7 Å². The lowest BCUT2D eigenvalue weighted by atomic mass is 9.49. The smallest absolute Gasteiger partial charge is 0.235 e. The Balaban J connectivity index is 1.94. The summed E-state index contributed by atoms with van der Waals surface area (Å²) in [6, 6.07) is 1.42. The fourth-order valence-electron chi connectivity index (χ4n) is 6.28. The number of fused-ring (bicyclic) bond motifs is 3. The molecule has 0 heterocycles. The van der Waals surface area contributed by atoms with E-state index < -0.39 is 88.0 Å². The Morgan fingerprint density at radius 3 is 2.25 bits per heavy atom. The van der Waals surface area contributed by atoms with Crippen LogP contribution in [0, 0.1) is 23.7 Å². The molecule has 6 N–H and O–H groups in total. The fraction of sp³-hybridized carbons (Fsp3) is 0.500. The third-order valence-electron chi connectivity index (χ3n) is 7.80. The molecule has 192 valence electrons. The molecule has 36 heavy (non-hydrogen) atoms. The van der Waals surface area contributed by atoms with E-state index in [4.69, 9.17) is 5.73 Å². The van der Waals surface area contributed by atoms with Crippen LogP contribution in [0.25, 0.3) is 0 Å². The van der Waals surface area contributed by atoms with Crippen LogP contribution in [0.5, 0.6) is 5.75 Å². The van der Waals surface area contributed by atoms with Crippen molar-refractivity contribution in [1.29, 1.82) is 0 Å². The van der Waals surface area contributed by atoms with Crippen LogP contribution in [0.15, 0.2) is 12.1 Å². The van der Waals surface area contributed by atoms with Crippen molar-refractivity contribution in [2.24, 2.45) is 29.4 Å². The van der Waals surface area contributed by atoms with Crippen LogP contribution >= 0.6 is 0 Å². The SMILES string of the molecule is CC(=O)Nc1ccc2c(c1O)C(=O)C1C(=O)[C@@]3(O)C(=O)C(C(N)=O)C(=O)[C@H](N(C)C)[C@H]3[C@H](O)[C@H]1[C@@H]2C. The van der Waals surface area contributed by atoms with Gasteiger partial charge >= 0.3 is 0 Å². The molecule has 2 fully saturated rings. The quantitative estimate of drug-likeness (QED) is 0.236. The van der Waals surface area contributed by atoms with Crippen molar-refractivity contribution in [3.05, 3.63) is 23.3 Å². The number of nitrogens with one attached hydrogen (secondary N) is 1. The van der Waals surface area contributed by atoms with Gasteiger partial charge in [0.2, 0.25) is 11.8 Å². The molecule has 12 nitrogen and oxygen atoms in total. The van der Waals surface area contributed by atoms with Gasteiger partial charge in [-0.1, -0.05) is 13.0 Å². The van der Waals surface area contributed by atoms with Gasteiger partial charge < -0.3 is 26.4 Å². The maximum Gasteiger partial charge on any atom is 0.235 e. The number of anilines is 1. The number of hydrogen-bond donors (Lipinski definition) is 5. The van der Waals surface area contributed by atoms with E-state index in [-0.39, 0.29) is 16.8 Å². The largest absolute Gasteiger partial charge is 0.505 e. The van der Waals surface area contributed by atoms with E-state index >= 15 is 0 Å². The summed E-state index contributed by atoms with van der Waals surface area (Å²) in [5, 5.41) is 36.2. The van der Waals surface area contributed by atoms with Crippen molar-refractivity contribution < 1.29 is 44.1 Å². The first-order chi connectivity index (χ1) is 16.7. The van der Waals surface area contributed by atoms with Crippen LogP contribution in [0.4, 0.5) is 5.69 Å². The highest BCUT2D eigenvalue weighted by atomic mass is 16.3. The van der Waals surface area contributed by atoms with Gasteiger partial charge in [0.25, 0.3) is 0 Å². The number of aliphatic hydroxyl groups is 2. The van der Waals surface area contributed by atoms with Crippen molar-refractivity contribution in [2.75, 3.05) is 19.4 Å². The van der Waals surface area contributed by atoms with Gasteiger partial charge in [0.15, 0.2) is 34.7 Å². The van der Waals surface area contributed by atoms with Gasteiger partial charge in [-0.15, -0.1) is 0 Å². The topological polar surface area (TPSA) is 204 Å². The van der Waals surface area contributed by atoms with Gasteiger partial charge in [0, 0.05) is 12.8 Å². The minimum absolute atomic E-state index is 0.0820. The zero-order chi connectivity index (χ0) is 27.0. The summed E-state index contributed by atoms with van der Waals surface area (Å²) >= 11 is 0. The van der Waals surface area contributed by atoms with Crippen molar-refractivity contribution in [3.63, 3.8) is 0 Å². The number of likely N-dealkylation sites (N-methyl/N-ethyl adjacent to an activating group) is 1. The van der Waals surface area contributed by atoms with Crippen LogP contribution in [0.1, 0.15) is 35.7 Å². The number of nitrogens with zero attached hydrogens (tertiary/aromatic N) is 1. The van der Waals surface area contributed by atoms with Crippen molar-refractivity contribution in [2.45, 2.75) is 37.5 Å². The second kappa shape index (κ2) is 8.29. The van der Waals surface area contributed by atoms with Gasteiger partial charge in [0.05, 0.1) is 35.2 Å². The number of benzene rings is 1. The first-order valence-electron chi connectivity index (χ1n) is 11.3. The molecule has 0 spiro atoms. The molecular weight excluding hydrogens is 474 g/mol. The van der Waals surface area contributed by atoms with E-state index in [1.807, 2.05) is 0 Å². The fourth-order valence-corrected chi connectivity index (χ4v) is 6.28. The Bertz CT molecular complexity index is 1240. The Morgan fingerprint density at radius 2 is 1.72 bits per heavy atom. The Labute approximate surface area is 205 Å². The predicted octanol–water partition coefficient (Wildman–Crippen LogP) is -1.64. The first-order valence-corrected chi connectivity index (χ1v) is 11.3. The number of Topliss-reactive ketones (excluding diaryl/α,β-unsaturated/α-hetero) is 4. The lowest BCUT2D eigenvalue weighted by molar-refractivity contribution is -0.196. The van der Waals surface area contributed by atoms with E-state index in [1.165, 1.54) is 38.1 Å². The average molecular weight is 501 g/mol. The molecule has 2 saturated carbocycles. The predicted molar refractivity (Wildman–Crippen MR) is 122 cm³/mol. The van der Waals surface area contributed by atoms with Crippen molar-refractivity contribution in [3.8, 4) is 5.75 Å². The molecule has 3 aliphatic rings. The molecule has 0 bridgehead atoms. The third kappa shape index (κ3) is 3.18. The third-order valence-corrected chi connectivity index (χ3v) is 7.80. The highest BCUT2D eigenvalue weighted by molar-refractivity contribution is 6.32. The van der Waals surface area contributed by atoms with Gasteiger partial charge in [0.1, 0.15) is 5.75 Å². The summed E-state index contributed by atoms with van der Waals surface area (Å²) in [6.07, 6.45) is -1.70. The summed E-state index contributed by atoms with van der Waals surface area (Å²) in [4.78, 5) is 78.7. The Morgan fingerprint density at radius 1 is 1.11 bits per heavy atom. The number of phenolic OH excluding ortho intramolecular Hbond substituents is 1. The molecule has 3 aliphatic carbocycles. The normalized spacial score (nSPS) is 35.7.